The molecule has 3 rings (SSSR count). The molecule has 1 aliphatic heterocycles. The van der Waals surface area contributed by atoms with Crippen LogP contribution < -0.4 is 10.6 Å². The summed E-state index contributed by atoms with van der Waals surface area (Å²) >= 11 is 0. The van der Waals surface area contributed by atoms with Gasteiger partial charge in [0.2, 0.25) is 0 Å². The molecule has 1 heterocycles. The lowest BCUT2D eigenvalue weighted by Gasteiger charge is -2.17. The molecule has 0 aromatic heterocycles. The normalized spacial score (nSPS) is 16.6. The van der Waals surface area contributed by atoms with Crippen molar-refractivity contribution in [3.05, 3.63) is 65.7 Å². The molecule has 130 valence electrons. The van der Waals surface area contributed by atoms with E-state index >= 15 is 0 Å². The fourth-order valence-corrected chi connectivity index (χ4v) is 2.75. The smallest absolute Gasteiger partial charge is 0.319 e. The number of hydrogen-bond donors (Lipinski definition) is 2. The highest BCUT2D eigenvalue weighted by molar-refractivity contribution is 5.95. The minimum Gasteiger partial charge on any atom is -0.336 e. The van der Waals surface area contributed by atoms with Gasteiger partial charge in [0.25, 0.3) is 5.91 Å². The number of nitrogens with zero attached hydrogens (tertiary/aromatic N) is 1. The number of carbonyl (C=O) groups is 2. The molecule has 2 aromatic rings. The zero-order chi connectivity index (χ0) is 17.8. The molecule has 0 spiro atoms. The van der Waals surface area contributed by atoms with Gasteiger partial charge in [-0.05, 0) is 42.8 Å². The quantitative estimate of drug-likeness (QED) is 0.898. The van der Waals surface area contributed by atoms with E-state index in [9.17, 15) is 18.4 Å². The van der Waals surface area contributed by atoms with Crippen molar-refractivity contribution < 1.29 is 18.4 Å². The molecular formula is C18H17F2N3O2. The highest BCUT2D eigenvalue weighted by atomic mass is 19.1. The summed E-state index contributed by atoms with van der Waals surface area (Å²) in [6.07, 6.45) is 0.580. The van der Waals surface area contributed by atoms with Gasteiger partial charge < -0.3 is 15.5 Å². The van der Waals surface area contributed by atoms with Crippen molar-refractivity contribution in [1.29, 1.82) is 0 Å². The molecule has 3 amide bonds. The summed E-state index contributed by atoms with van der Waals surface area (Å²) in [5.41, 5.74) is 0.495. The summed E-state index contributed by atoms with van der Waals surface area (Å²) in [5.74, 6) is -1.33. The van der Waals surface area contributed by atoms with Crippen LogP contribution in [0, 0.1) is 11.6 Å². The van der Waals surface area contributed by atoms with Crippen LogP contribution in [0.2, 0.25) is 0 Å². The highest BCUT2D eigenvalue weighted by Crippen LogP contribution is 2.16. The Labute approximate surface area is 143 Å². The molecule has 1 fully saturated rings. The van der Waals surface area contributed by atoms with Gasteiger partial charge in [0, 0.05) is 24.8 Å². The predicted molar refractivity (Wildman–Crippen MR) is 89.3 cm³/mol. The van der Waals surface area contributed by atoms with Crippen LogP contribution in [0.15, 0.2) is 48.5 Å². The zero-order valence-corrected chi connectivity index (χ0v) is 13.3. The van der Waals surface area contributed by atoms with Crippen LogP contribution in [0.5, 0.6) is 0 Å². The van der Waals surface area contributed by atoms with Gasteiger partial charge in [-0.1, -0.05) is 12.1 Å². The number of likely N-dealkylation sites (tertiary alicyclic amines) is 1. The summed E-state index contributed by atoms with van der Waals surface area (Å²) < 4.78 is 26.6. The molecule has 0 unspecified atom stereocenters. The van der Waals surface area contributed by atoms with Gasteiger partial charge >= 0.3 is 6.03 Å². The van der Waals surface area contributed by atoms with Crippen molar-refractivity contribution in [2.24, 2.45) is 0 Å². The van der Waals surface area contributed by atoms with E-state index in [1.807, 2.05) is 0 Å². The van der Waals surface area contributed by atoms with Crippen molar-refractivity contribution in [2.45, 2.75) is 12.5 Å². The number of benzene rings is 2. The molecule has 2 aromatic carbocycles. The molecular weight excluding hydrogens is 328 g/mol. The van der Waals surface area contributed by atoms with Crippen LogP contribution in [-0.2, 0) is 0 Å². The molecule has 2 N–H and O–H groups in total. The van der Waals surface area contributed by atoms with Crippen LogP contribution in [-0.4, -0.2) is 36.0 Å². The van der Waals surface area contributed by atoms with Crippen molar-refractivity contribution in [1.82, 2.24) is 10.2 Å². The number of nitrogens with one attached hydrogen (secondary N) is 2. The summed E-state index contributed by atoms with van der Waals surface area (Å²) in [7, 11) is 0. The van der Waals surface area contributed by atoms with Crippen LogP contribution in [0.1, 0.15) is 16.8 Å². The molecule has 25 heavy (non-hydrogen) atoms. The van der Waals surface area contributed by atoms with Crippen molar-refractivity contribution in [2.75, 3.05) is 18.4 Å². The maximum absolute atomic E-state index is 13.7. The fraction of sp³-hybridized carbons (Fsp3) is 0.222. The lowest BCUT2D eigenvalue weighted by atomic mass is 10.2. The number of urea groups is 1. The molecule has 1 saturated heterocycles. The number of hydrogen-bond acceptors (Lipinski definition) is 2. The third-order valence-corrected chi connectivity index (χ3v) is 4.02. The molecule has 0 saturated carbocycles. The van der Waals surface area contributed by atoms with Crippen LogP contribution >= 0.6 is 0 Å². The van der Waals surface area contributed by atoms with Gasteiger partial charge in [0.05, 0.1) is 5.56 Å². The topological polar surface area (TPSA) is 61.4 Å². The first-order valence-corrected chi connectivity index (χ1v) is 7.90. The molecule has 5 nitrogen and oxygen atoms in total. The lowest BCUT2D eigenvalue weighted by Crippen LogP contribution is -2.40. The van der Waals surface area contributed by atoms with Gasteiger partial charge in [0.15, 0.2) is 0 Å². The van der Waals surface area contributed by atoms with Crippen LogP contribution in [0.3, 0.4) is 0 Å². The Balaban J connectivity index is 1.54. The third kappa shape index (κ3) is 4.12. The van der Waals surface area contributed by atoms with Gasteiger partial charge in [-0.2, -0.15) is 0 Å². The van der Waals surface area contributed by atoms with Crippen LogP contribution in [0.4, 0.5) is 19.3 Å². The van der Waals surface area contributed by atoms with E-state index in [1.165, 1.54) is 47.4 Å². The van der Waals surface area contributed by atoms with E-state index < -0.39 is 11.8 Å². The fourth-order valence-electron chi connectivity index (χ4n) is 2.75. The van der Waals surface area contributed by atoms with Crippen LogP contribution in [0.25, 0.3) is 0 Å². The second kappa shape index (κ2) is 7.29. The van der Waals surface area contributed by atoms with Gasteiger partial charge in [-0.3, -0.25) is 4.79 Å². The average Bonchev–Trinajstić information content (AvgIpc) is 3.05. The SMILES string of the molecule is O=C(Nc1ccc(F)cc1)N[C@@H]1CCN(C(=O)c2ccccc2F)C1. The predicted octanol–water partition coefficient (Wildman–Crippen LogP) is 3.00. The van der Waals surface area contributed by atoms with E-state index in [4.69, 9.17) is 0 Å². The first-order chi connectivity index (χ1) is 12.0. The van der Waals surface area contributed by atoms with Crippen molar-refractivity contribution in [3.8, 4) is 0 Å². The molecule has 0 bridgehead atoms. The largest absolute Gasteiger partial charge is 0.336 e. The highest BCUT2D eigenvalue weighted by Gasteiger charge is 2.29. The van der Waals surface area contributed by atoms with Gasteiger partial charge in [-0.15, -0.1) is 0 Å². The number of anilines is 1. The second-order valence-electron chi connectivity index (χ2n) is 5.82. The minimum absolute atomic E-state index is 0.0268. The average molecular weight is 345 g/mol. The first-order valence-electron chi connectivity index (χ1n) is 7.90. The van der Waals surface area contributed by atoms with Gasteiger partial charge in [0.1, 0.15) is 11.6 Å². The number of carbonyl (C=O) groups excluding carboxylic acids is 2. The Hall–Kier alpha value is -2.96. The Kier molecular flexibility index (Phi) is 4.92. The molecule has 0 radical (unpaired) electrons. The van der Waals surface area contributed by atoms with E-state index in [1.54, 1.807) is 6.07 Å². The zero-order valence-electron chi connectivity index (χ0n) is 13.3. The van der Waals surface area contributed by atoms with E-state index in [0.29, 0.717) is 25.2 Å². The van der Waals surface area contributed by atoms with E-state index in [2.05, 4.69) is 10.6 Å². The number of rotatable bonds is 3. The summed E-state index contributed by atoms with van der Waals surface area (Å²) in [5, 5.41) is 5.36. The molecule has 7 heteroatoms. The Morgan fingerprint density at radius 1 is 1.04 bits per heavy atom. The molecule has 1 aliphatic rings. The maximum Gasteiger partial charge on any atom is 0.319 e. The first kappa shape index (κ1) is 16.9. The van der Waals surface area contributed by atoms with E-state index in [-0.39, 0.29) is 23.3 Å². The lowest BCUT2D eigenvalue weighted by molar-refractivity contribution is 0.0785. The molecule has 1 atom stereocenters. The Bertz CT molecular complexity index is 780. The summed E-state index contributed by atoms with van der Waals surface area (Å²) in [6.45, 7) is 0.749. The minimum atomic E-state index is -0.557. The number of amides is 3. The molecule has 0 aliphatic carbocycles. The summed E-state index contributed by atoms with van der Waals surface area (Å²) in [4.78, 5) is 25.8. The van der Waals surface area contributed by atoms with Gasteiger partial charge in [-0.25, -0.2) is 13.6 Å². The van der Waals surface area contributed by atoms with Crippen molar-refractivity contribution >= 4 is 17.6 Å². The summed E-state index contributed by atoms with van der Waals surface area (Å²) in [6, 6.07) is 10.6. The number of halogens is 2. The Morgan fingerprint density at radius 2 is 1.76 bits per heavy atom. The Morgan fingerprint density at radius 3 is 2.48 bits per heavy atom. The standard InChI is InChI=1S/C18H17F2N3O2/c19-12-5-7-13(8-6-12)21-18(25)22-14-9-10-23(11-14)17(24)15-3-1-2-4-16(15)20/h1-8,14H,9-11H2,(H2,21,22,25)/t14-/m1/s1. The third-order valence-electron chi connectivity index (χ3n) is 4.02. The maximum atomic E-state index is 13.7. The van der Waals surface area contributed by atoms with Crippen molar-refractivity contribution in [3.63, 3.8) is 0 Å². The van der Waals surface area contributed by atoms with E-state index in [0.717, 1.165) is 0 Å². The second-order valence-corrected chi connectivity index (χ2v) is 5.82. The monoisotopic (exact) mass is 345 g/mol.